The van der Waals surface area contributed by atoms with E-state index in [9.17, 15) is 13.2 Å². The first-order chi connectivity index (χ1) is 17.6. The van der Waals surface area contributed by atoms with Crippen molar-refractivity contribution in [1.82, 2.24) is 14.2 Å². The molecular weight excluding hydrogens is 512 g/mol. The normalized spacial score (nSPS) is 11.9. The highest BCUT2D eigenvalue weighted by Crippen LogP contribution is 2.40. The van der Waals surface area contributed by atoms with Crippen LogP contribution < -0.4 is 14.4 Å². The topological polar surface area (TPSA) is 92.3 Å². The van der Waals surface area contributed by atoms with Gasteiger partial charge in [0, 0.05) is 25.7 Å². The molecule has 1 amide bonds. The van der Waals surface area contributed by atoms with Crippen molar-refractivity contribution in [2.75, 3.05) is 59.9 Å². The predicted molar refractivity (Wildman–Crippen MR) is 149 cm³/mol. The largest absolute Gasteiger partial charge is 0.495 e. The van der Waals surface area contributed by atoms with Crippen molar-refractivity contribution >= 4 is 42.6 Å². The summed E-state index contributed by atoms with van der Waals surface area (Å²) in [6.45, 7) is 3.70. The average molecular weight is 549 g/mol. The van der Waals surface area contributed by atoms with E-state index in [1.54, 1.807) is 44.4 Å². The number of fused-ring (bicyclic) bond motifs is 1. The number of aromatic nitrogens is 1. The van der Waals surface area contributed by atoms with Crippen molar-refractivity contribution < 1.29 is 22.7 Å². The SMILES string of the molecule is CCCCN(C)S(=O)(=O)c1ccc(C(=O)N(CCCN(C)C)c2nc3c(OC)ccc(OC)c3s2)cc1. The minimum atomic E-state index is -3.62. The van der Waals surface area contributed by atoms with E-state index < -0.39 is 10.0 Å². The first-order valence-electron chi connectivity index (χ1n) is 12.2. The van der Waals surface area contributed by atoms with E-state index in [0.717, 1.165) is 30.5 Å². The summed E-state index contributed by atoms with van der Waals surface area (Å²) < 4.78 is 38.9. The Hall–Kier alpha value is -2.73. The zero-order valence-corrected chi connectivity index (χ0v) is 24.0. The Bertz CT molecular complexity index is 1270. The summed E-state index contributed by atoms with van der Waals surface area (Å²) in [5.41, 5.74) is 1.02. The van der Waals surface area contributed by atoms with Crippen LogP contribution in [0.3, 0.4) is 0 Å². The molecule has 0 aliphatic carbocycles. The van der Waals surface area contributed by atoms with E-state index >= 15 is 0 Å². The number of benzene rings is 2. The smallest absolute Gasteiger partial charge is 0.260 e. The molecule has 0 saturated heterocycles. The Morgan fingerprint density at radius 3 is 2.16 bits per heavy atom. The molecule has 202 valence electrons. The van der Waals surface area contributed by atoms with Gasteiger partial charge in [-0.05, 0) is 69.9 Å². The summed E-state index contributed by atoms with van der Waals surface area (Å²) in [6, 6.07) is 9.73. The van der Waals surface area contributed by atoms with Gasteiger partial charge in [-0.1, -0.05) is 24.7 Å². The van der Waals surface area contributed by atoms with Gasteiger partial charge < -0.3 is 14.4 Å². The van der Waals surface area contributed by atoms with Gasteiger partial charge in [-0.2, -0.15) is 0 Å². The van der Waals surface area contributed by atoms with Crippen LogP contribution in [0.2, 0.25) is 0 Å². The highest BCUT2D eigenvalue weighted by molar-refractivity contribution is 7.89. The zero-order valence-electron chi connectivity index (χ0n) is 22.4. The van der Waals surface area contributed by atoms with Crippen LogP contribution in [0.5, 0.6) is 11.5 Å². The Labute approximate surface area is 223 Å². The van der Waals surface area contributed by atoms with Crippen molar-refractivity contribution in [2.45, 2.75) is 31.1 Å². The number of sulfonamides is 1. The molecule has 1 heterocycles. The number of hydrogen-bond donors (Lipinski definition) is 0. The van der Waals surface area contributed by atoms with E-state index in [4.69, 9.17) is 14.5 Å². The molecule has 3 rings (SSSR count). The number of hydrogen-bond acceptors (Lipinski definition) is 8. The molecule has 2 aromatic carbocycles. The van der Waals surface area contributed by atoms with E-state index in [0.29, 0.717) is 40.8 Å². The number of rotatable bonds is 13. The molecule has 11 heteroatoms. The fourth-order valence-corrected chi connectivity index (χ4v) is 6.13. The number of carbonyl (C=O) groups excluding carboxylic acids is 1. The summed E-state index contributed by atoms with van der Waals surface area (Å²) >= 11 is 1.36. The molecule has 0 radical (unpaired) electrons. The molecular formula is C26H36N4O5S2. The lowest BCUT2D eigenvalue weighted by atomic mass is 10.2. The second-order valence-electron chi connectivity index (χ2n) is 8.96. The minimum absolute atomic E-state index is 0.163. The van der Waals surface area contributed by atoms with Gasteiger partial charge in [-0.25, -0.2) is 17.7 Å². The molecule has 0 aliphatic heterocycles. The van der Waals surface area contributed by atoms with Crippen LogP contribution in [0.1, 0.15) is 36.5 Å². The maximum atomic E-state index is 13.7. The second kappa shape index (κ2) is 12.7. The molecule has 0 fully saturated rings. The third kappa shape index (κ3) is 6.59. The number of methoxy groups -OCH3 is 2. The van der Waals surface area contributed by atoms with Crippen molar-refractivity contribution in [3.8, 4) is 11.5 Å². The summed E-state index contributed by atoms with van der Waals surface area (Å²) in [5, 5.41) is 0.526. The summed E-state index contributed by atoms with van der Waals surface area (Å²) in [5.74, 6) is 1.00. The van der Waals surface area contributed by atoms with Crippen LogP contribution in [0.15, 0.2) is 41.3 Å². The maximum Gasteiger partial charge on any atom is 0.260 e. The van der Waals surface area contributed by atoms with Gasteiger partial charge in [0.1, 0.15) is 21.7 Å². The molecule has 0 spiro atoms. The first kappa shape index (κ1) is 28.8. The Balaban J connectivity index is 1.96. The third-order valence-electron chi connectivity index (χ3n) is 6.00. The van der Waals surface area contributed by atoms with Crippen molar-refractivity contribution in [2.24, 2.45) is 0 Å². The van der Waals surface area contributed by atoms with Gasteiger partial charge in [0.2, 0.25) is 10.0 Å². The van der Waals surface area contributed by atoms with Gasteiger partial charge in [-0.3, -0.25) is 9.69 Å². The fourth-order valence-electron chi connectivity index (χ4n) is 3.83. The number of unbranched alkanes of at least 4 members (excludes halogenated alkanes) is 1. The fraction of sp³-hybridized carbons (Fsp3) is 0.462. The summed E-state index contributed by atoms with van der Waals surface area (Å²) in [7, 11) is 5.09. The lowest BCUT2D eigenvalue weighted by Gasteiger charge is -2.21. The Morgan fingerprint density at radius 1 is 0.919 bits per heavy atom. The van der Waals surface area contributed by atoms with Gasteiger partial charge in [0.15, 0.2) is 5.13 Å². The monoisotopic (exact) mass is 548 g/mol. The molecule has 3 aromatic rings. The molecule has 9 nitrogen and oxygen atoms in total. The number of thiazole rings is 1. The number of carbonyl (C=O) groups is 1. The zero-order chi connectivity index (χ0) is 27.2. The average Bonchev–Trinajstić information content (AvgIpc) is 3.33. The molecule has 1 aromatic heterocycles. The number of amides is 1. The van der Waals surface area contributed by atoms with E-state index in [1.165, 1.54) is 27.8 Å². The molecule has 0 unspecified atom stereocenters. The summed E-state index contributed by atoms with van der Waals surface area (Å²) in [4.78, 5) is 22.3. The molecule has 0 bridgehead atoms. The van der Waals surface area contributed by atoms with Crippen molar-refractivity contribution in [3.63, 3.8) is 0 Å². The number of anilines is 1. The predicted octanol–water partition coefficient (Wildman–Crippen LogP) is 4.33. The standard InChI is InChI=1S/C26H36N4O5S2/c1-7-8-17-29(4)37(32,33)20-12-10-19(11-13-20)25(31)30(18-9-16-28(2)3)26-27-23-21(34-5)14-15-22(35-6)24(23)36-26/h10-15H,7-9,16-18H2,1-6H3. The highest BCUT2D eigenvalue weighted by Gasteiger charge is 2.25. The second-order valence-corrected chi connectivity index (χ2v) is 12.0. The highest BCUT2D eigenvalue weighted by atomic mass is 32.2. The molecule has 0 saturated carbocycles. The first-order valence-corrected chi connectivity index (χ1v) is 14.4. The van der Waals surface area contributed by atoms with Crippen LogP contribution in [-0.2, 0) is 10.0 Å². The van der Waals surface area contributed by atoms with E-state index in [2.05, 4.69) is 4.90 Å². The minimum Gasteiger partial charge on any atom is -0.495 e. The van der Waals surface area contributed by atoms with Gasteiger partial charge >= 0.3 is 0 Å². The lowest BCUT2D eigenvalue weighted by Crippen LogP contribution is -2.33. The van der Waals surface area contributed by atoms with Crippen LogP contribution in [0.25, 0.3) is 10.2 Å². The van der Waals surface area contributed by atoms with E-state index in [-0.39, 0.29) is 10.8 Å². The molecule has 0 aliphatic rings. The van der Waals surface area contributed by atoms with Crippen molar-refractivity contribution in [1.29, 1.82) is 0 Å². The van der Waals surface area contributed by atoms with Crippen LogP contribution in [-0.4, -0.2) is 83.5 Å². The number of nitrogens with zero attached hydrogens (tertiary/aromatic N) is 4. The Morgan fingerprint density at radius 2 is 1.57 bits per heavy atom. The summed E-state index contributed by atoms with van der Waals surface area (Å²) in [6.07, 6.45) is 2.42. The van der Waals surface area contributed by atoms with Gasteiger partial charge in [-0.15, -0.1) is 0 Å². The molecule has 37 heavy (non-hydrogen) atoms. The van der Waals surface area contributed by atoms with Crippen LogP contribution >= 0.6 is 11.3 Å². The molecule has 0 atom stereocenters. The van der Waals surface area contributed by atoms with Gasteiger partial charge in [0.25, 0.3) is 5.91 Å². The molecule has 0 N–H and O–H groups in total. The maximum absolute atomic E-state index is 13.7. The third-order valence-corrected chi connectivity index (χ3v) is 8.96. The van der Waals surface area contributed by atoms with Crippen LogP contribution in [0.4, 0.5) is 5.13 Å². The van der Waals surface area contributed by atoms with Crippen molar-refractivity contribution in [3.05, 3.63) is 42.0 Å². The quantitative estimate of drug-likeness (QED) is 0.314. The lowest BCUT2D eigenvalue weighted by molar-refractivity contribution is 0.0986. The van der Waals surface area contributed by atoms with Gasteiger partial charge in [0.05, 0.1) is 19.1 Å². The van der Waals surface area contributed by atoms with Crippen LogP contribution in [0, 0.1) is 0 Å². The Kier molecular flexibility index (Phi) is 9.88. The number of ether oxygens (including phenoxy) is 2. The van der Waals surface area contributed by atoms with E-state index in [1.807, 2.05) is 27.1 Å².